The Balaban J connectivity index is 2.44. The first-order chi connectivity index (χ1) is 4.92. The molecule has 1 aliphatic heterocycles. The van der Waals surface area contributed by atoms with Crippen molar-refractivity contribution in [3.05, 3.63) is 0 Å². The highest BCUT2D eigenvalue weighted by atomic mass is 32.2. The SMILES string of the molecule is CNc1nnc2n1CCS2. The summed E-state index contributed by atoms with van der Waals surface area (Å²) in [4.78, 5) is 0. The number of anilines is 1. The van der Waals surface area contributed by atoms with E-state index in [1.165, 1.54) is 0 Å². The van der Waals surface area contributed by atoms with Crippen LogP contribution < -0.4 is 5.32 Å². The third kappa shape index (κ3) is 0.701. The molecule has 0 radical (unpaired) electrons. The van der Waals surface area contributed by atoms with E-state index >= 15 is 0 Å². The molecule has 0 atom stereocenters. The molecule has 2 rings (SSSR count). The van der Waals surface area contributed by atoms with Gasteiger partial charge in [-0.05, 0) is 0 Å². The third-order valence-corrected chi connectivity index (χ3v) is 2.43. The van der Waals surface area contributed by atoms with Crippen LogP contribution in [-0.2, 0) is 6.54 Å². The van der Waals surface area contributed by atoms with E-state index < -0.39 is 0 Å². The Morgan fingerprint density at radius 3 is 3.30 bits per heavy atom. The van der Waals surface area contributed by atoms with Gasteiger partial charge in [0.05, 0.1) is 0 Å². The molecule has 0 amide bonds. The Kier molecular flexibility index (Phi) is 1.30. The zero-order valence-corrected chi connectivity index (χ0v) is 6.48. The van der Waals surface area contributed by atoms with Crippen LogP contribution in [0.5, 0.6) is 0 Å². The normalized spacial score (nSPS) is 15.3. The number of nitrogens with one attached hydrogen (secondary N) is 1. The predicted octanol–water partition coefficient (Wildman–Crippen LogP) is 0.425. The van der Waals surface area contributed by atoms with Gasteiger partial charge in [0, 0.05) is 19.3 Å². The molecule has 1 aromatic rings. The van der Waals surface area contributed by atoms with Gasteiger partial charge < -0.3 is 5.32 Å². The van der Waals surface area contributed by atoms with Gasteiger partial charge in [-0.25, -0.2) is 0 Å². The van der Waals surface area contributed by atoms with Crippen LogP contribution >= 0.6 is 11.8 Å². The van der Waals surface area contributed by atoms with Crippen LogP contribution in [0.25, 0.3) is 0 Å². The van der Waals surface area contributed by atoms with Gasteiger partial charge in [-0.15, -0.1) is 10.2 Å². The molecule has 0 saturated heterocycles. The molecule has 54 valence electrons. The molecular formula is C5H8N4S. The lowest BCUT2D eigenvalue weighted by molar-refractivity contribution is 0.726. The zero-order valence-electron chi connectivity index (χ0n) is 5.66. The van der Waals surface area contributed by atoms with Gasteiger partial charge in [-0.3, -0.25) is 4.57 Å². The highest BCUT2D eigenvalue weighted by molar-refractivity contribution is 7.99. The van der Waals surface area contributed by atoms with E-state index in [-0.39, 0.29) is 0 Å². The van der Waals surface area contributed by atoms with E-state index in [1.807, 2.05) is 7.05 Å². The number of fused-ring (bicyclic) bond motifs is 1. The molecule has 0 aromatic carbocycles. The Hall–Kier alpha value is -0.710. The molecule has 2 heterocycles. The lowest BCUT2D eigenvalue weighted by Crippen LogP contribution is -2.01. The van der Waals surface area contributed by atoms with Crippen LogP contribution in [-0.4, -0.2) is 27.6 Å². The Bertz CT molecular complexity index is 244. The number of nitrogens with zero attached hydrogens (tertiary/aromatic N) is 3. The summed E-state index contributed by atoms with van der Waals surface area (Å²) in [6.45, 7) is 1.03. The minimum Gasteiger partial charge on any atom is -0.357 e. The van der Waals surface area contributed by atoms with Gasteiger partial charge in [-0.2, -0.15) is 0 Å². The summed E-state index contributed by atoms with van der Waals surface area (Å²) in [6.07, 6.45) is 0. The van der Waals surface area contributed by atoms with E-state index in [0.29, 0.717) is 0 Å². The van der Waals surface area contributed by atoms with Crippen LogP contribution in [0, 0.1) is 0 Å². The van der Waals surface area contributed by atoms with Crippen LogP contribution in [0.2, 0.25) is 0 Å². The molecule has 0 unspecified atom stereocenters. The molecule has 0 spiro atoms. The molecule has 5 heteroatoms. The second kappa shape index (κ2) is 2.16. The molecule has 0 saturated carbocycles. The van der Waals surface area contributed by atoms with Crippen molar-refractivity contribution in [1.29, 1.82) is 0 Å². The fourth-order valence-corrected chi connectivity index (χ4v) is 1.90. The molecule has 0 aliphatic carbocycles. The second-order valence-electron chi connectivity index (χ2n) is 2.06. The van der Waals surface area contributed by atoms with Gasteiger partial charge in [0.15, 0.2) is 5.16 Å². The zero-order chi connectivity index (χ0) is 6.97. The second-order valence-corrected chi connectivity index (χ2v) is 3.12. The Labute approximate surface area is 63.0 Å². The number of aromatic nitrogens is 3. The predicted molar refractivity (Wildman–Crippen MR) is 40.3 cm³/mol. The summed E-state index contributed by atoms with van der Waals surface area (Å²) >= 11 is 1.75. The number of hydrogen-bond donors (Lipinski definition) is 1. The number of hydrogen-bond acceptors (Lipinski definition) is 4. The average molecular weight is 156 g/mol. The monoisotopic (exact) mass is 156 g/mol. The number of thioether (sulfide) groups is 1. The van der Waals surface area contributed by atoms with Gasteiger partial charge in [0.25, 0.3) is 0 Å². The highest BCUT2D eigenvalue weighted by Crippen LogP contribution is 2.25. The van der Waals surface area contributed by atoms with E-state index in [0.717, 1.165) is 23.4 Å². The van der Waals surface area contributed by atoms with Crippen LogP contribution in [0.3, 0.4) is 0 Å². The lowest BCUT2D eigenvalue weighted by atomic mass is 10.7. The maximum absolute atomic E-state index is 3.98. The highest BCUT2D eigenvalue weighted by Gasteiger charge is 2.16. The molecule has 4 nitrogen and oxygen atoms in total. The summed E-state index contributed by atoms with van der Waals surface area (Å²) < 4.78 is 2.09. The standard InChI is InChI=1S/C5H8N4S/c1-6-4-7-8-5-9(4)2-3-10-5/h2-3H2,1H3,(H,6,7). The summed E-state index contributed by atoms with van der Waals surface area (Å²) in [5.41, 5.74) is 0. The first kappa shape index (κ1) is 6.03. The number of rotatable bonds is 1. The maximum Gasteiger partial charge on any atom is 0.225 e. The quantitative estimate of drug-likeness (QED) is 0.640. The van der Waals surface area contributed by atoms with Crippen molar-refractivity contribution in [2.75, 3.05) is 18.1 Å². The van der Waals surface area contributed by atoms with Gasteiger partial charge >= 0.3 is 0 Å². The van der Waals surface area contributed by atoms with Crippen molar-refractivity contribution in [2.45, 2.75) is 11.7 Å². The van der Waals surface area contributed by atoms with Crippen LogP contribution in [0.4, 0.5) is 5.95 Å². The smallest absolute Gasteiger partial charge is 0.225 e. The molecule has 0 fully saturated rings. The molecular weight excluding hydrogens is 148 g/mol. The Morgan fingerprint density at radius 2 is 2.50 bits per heavy atom. The summed E-state index contributed by atoms with van der Waals surface area (Å²) in [6, 6.07) is 0. The minimum atomic E-state index is 0.875. The molecule has 1 aromatic heterocycles. The van der Waals surface area contributed by atoms with Crippen molar-refractivity contribution in [3.63, 3.8) is 0 Å². The van der Waals surface area contributed by atoms with Gasteiger partial charge in [0.2, 0.25) is 5.95 Å². The Morgan fingerprint density at radius 1 is 1.60 bits per heavy atom. The van der Waals surface area contributed by atoms with E-state index in [9.17, 15) is 0 Å². The topological polar surface area (TPSA) is 42.7 Å². The average Bonchev–Trinajstić information content (AvgIpc) is 2.44. The maximum atomic E-state index is 3.98. The van der Waals surface area contributed by atoms with Crippen molar-refractivity contribution in [1.82, 2.24) is 14.8 Å². The first-order valence-corrected chi connectivity index (χ1v) is 4.14. The fraction of sp³-hybridized carbons (Fsp3) is 0.600. The van der Waals surface area contributed by atoms with Crippen LogP contribution in [0.1, 0.15) is 0 Å². The summed E-state index contributed by atoms with van der Waals surface area (Å²) in [7, 11) is 1.86. The fourth-order valence-electron chi connectivity index (χ4n) is 1.01. The van der Waals surface area contributed by atoms with Crippen molar-refractivity contribution in [2.24, 2.45) is 0 Å². The molecule has 0 bridgehead atoms. The van der Waals surface area contributed by atoms with Crippen molar-refractivity contribution >= 4 is 17.7 Å². The summed E-state index contributed by atoms with van der Waals surface area (Å²) in [5, 5.41) is 11.9. The molecule has 10 heavy (non-hydrogen) atoms. The summed E-state index contributed by atoms with van der Waals surface area (Å²) in [5.74, 6) is 2.00. The van der Waals surface area contributed by atoms with E-state index in [1.54, 1.807) is 11.8 Å². The largest absolute Gasteiger partial charge is 0.357 e. The van der Waals surface area contributed by atoms with E-state index in [4.69, 9.17) is 0 Å². The van der Waals surface area contributed by atoms with Crippen molar-refractivity contribution < 1.29 is 0 Å². The van der Waals surface area contributed by atoms with Crippen molar-refractivity contribution in [3.8, 4) is 0 Å². The van der Waals surface area contributed by atoms with Gasteiger partial charge in [0.1, 0.15) is 0 Å². The third-order valence-electron chi connectivity index (χ3n) is 1.49. The molecule has 1 aliphatic rings. The lowest BCUT2D eigenvalue weighted by Gasteiger charge is -1.97. The van der Waals surface area contributed by atoms with Crippen LogP contribution in [0.15, 0.2) is 5.16 Å². The minimum absolute atomic E-state index is 0.875. The molecule has 1 N–H and O–H groups in total. The first-order valence-electron chi connectivity index (χ1n) is 3.15. The van der Waals surface area contributed by atoms with E-state index in [2.05, 4.69) is 20.1 Å². The van der Waals surface area contributed by atoms with Gasteiger partial charge in [-0.1, -0.05) is 11.8 Å².